The minimum absolute atomic E-state index is 0.0553. The summed E-state index contributed by atoms with van der Waals surface area (Å²) in [4.78, 5) is 12.1. The Morgan fingerprint density at radius 3 is 2.76 bits per heavy atom. The van der Waals surface area contributed by atoms with Gasteiger partial charge in [-0.2, -0.15) is 18.3 Å². The molecule has 1 N–H and O–H groups in total. The molecule has 0 radical (unpaired) electrons. The molecule has 0 spiro atoms. The van der Waals surface area contributed by atoms with E-state index in [9.17, 15) is 18.0 Å². The normalized spacial score (nSPS) is 12.0. The molecule has 0 aliphatic carbocycles. The highest BCUT2D eigenvalue weighted by atomic mass is 19.4. The summed E-state index contributed by atoms with van der Waals surface area (Å²) < 4.78 is 39.6. The number of alkyl halides is 3. The van der Waals surface area contributed by atoms with Crippen molar-refractivity contribution in [3.05, 3.63) is 51.9 Å². The van der Waals surface area contributed by atoms with Crippen molar-refractivity contribution in [2.45, 2.75) is 12.7 Å². The summed E-state index contributed by atoms with van der Waals surface area (Å²) in [6.07, 6.45) is -3.18. The van der Waals surface area contributed by atoms with Crippen molar-refractivity contribution < 1.29 is 13.2 Å². The van der Waals surface area contributed by atoms with Crippen LogP contribution < -0.4 is 5.56 Å². The predicted octanol–water partition coefficient (Wildman–Crippen LogP) is 1.58. The van der Waals surface area contributed by atoms with E-state index in [1.807, 2.05) is 0 Å². The Bertz CT molecular complexity index is 852. The molecule has 0 aliphatic rings. The molecule has 0 unspecified atom stereocenters. The predicted molar refractivity (Wildman–Crippen MR) is 66.5 cm³/mol. The Kier molecular flexibility index (Phi) is 2.96. The van der Waals surface area contributed by atoms with Crippen LogP contribution in [0.15, 0.2) is 35.3 Å². The molecule has 0 bridgehead atoms. The number of aromatic amines is 1. The average molecular weight is 295 g/mol. The van der Waals surface area contributed by atoms with Crippen LogP contribution >= 0.6 is 0 Å². The van der Waals surface area contributed by atoms with Gasteiger partial charge >= 0.3 is 6.18 Å². The van der Waals surface area contributed by atoms with Crippen LogP contribution in [0, 0.1) is 0 Å². The maximum Gasteiger partial charge on any atom is 0.416 e. The Morgan fingerprint density at radius 2 is 2.00 bits per heavy atom. The number of nitrogens with one attached hydrogen (secondary N) is 1. The summed E-state index contributed by atoms with van der Waals surface area (Å²) in [7, 11) is 0. The van der Waals surface area contributed by atoms with Gasteiger partial charge in [-0.1, -0.05) is 23.4 Å². The highest BCUT2D eigenvalue weighted by molar-refractivity contribution is 5.70. The van der Waals surface area contributed by atoms with Gasteiger partial charge in [-0.25, -0.2) is 4.68 Å². The molecule has 6 nitrogen and oxygen atoms in total. The van der Waals surface area contributed by atoms with Crippen molar-refractivity contribution in [3.63, 3.8) is 0 Å². The van der Waals surface area contributed by atoms with Crippen LogP contribution in [0.3, 0.4) is 0 Å². The van der Waals surface area contributed by atoms with Gasteiger partial charge in [0.25, 0.3) is 5.56 Å². The first-order valence-corrected chi connectivity index (χ1v) is 5.89. The molecule has 1 aromatic carbocycles. The van der Waals surface area contributed by atoms with Crippen LogP contribution in [0.4, 0.5) is 13.2 Å². The lowest BCUT2D eigenvalue weighted by Gasteiger charge is -2.12. The van der Waals surface area contributed by atoms with Crippen LogP contribution in [0.5, 0.6) is 0 Å². The standard InChI is InChI=1S/C12H8F3N5O/c13-12(14,15)8-4-2-1-3-7(8)6-20-11(21)10-9(17-19-20)5-16-18-10/h1-5H,6H2,(H,16,18). The van der Waals surface area contributed by atoms with E-state index in [0.717, 1.165) is 10.7 Å². The molecule has 3 rings (SSSR count). The van der Waals surface area contributed by atoms with Crippen molar-refractivity contribution >= 4 is 11.0 Å². The lowest BCUT2D eigenvalue weighted by Crippen LogP contribution is -2.26. The molecule has 2 aromatic heterocycles. The van der Waals surface area contributed by atoms with Gasteiger partial charge in [0.05, 0.1) is 18.3 Å². The summed E-state index contributed by atoms with van der Waals surface area (Å²) in [6.45, 7) is -0.323. The van der Waals surface area contributed by atoms with E-state index in [1.54, 1.807) is 0 Å². The Hall–Kier alpha value is -2.71. The van der Waals surface area contributed by atoms with Crippen molar-refractivity contribution in [3.8, 4) is 0 Å². The largest absolute Gasteiger partial charge is 0.416 e. The molecule has 108 valence electrons. The molecule has 0 aliphatic heterocycles. The SMILES string of the molecule is O=c1c2[nH]ncc2nnn1Cc1ccccc1C(F)(F)F. The molecule has 9 heteroatoms. The number of hydrogen-bond acceptors (Lipinski definition) is 4. The van der Waals surface area contributed by atoms with Gasteiger partial charge in [0.1, 0.15) is 5.52 Å². The van der Waals surface area contributed by atoms with E-state index < -0.39 is 17.3 Å². The minimum atomic E-state index is -4.49. The molecule has 2 heterocycles. The number of H-pyrrole nitrogens is 1. The second kappa shape index (κ2) is 4.69. The van der Waals surface area contributed by atoms with E-state index in [1.165, 1.54) is 24.4 Å². The lowest BCUT2D eigenvalue weighted by atomic mass is 10.1. The third kappa shape index (κ3) is 2.37. The molecular formula is C12H8F3N5O. The quantitative estimate of drug-likeness (QED) is 0.778. The van der Waals surface area contributed by atoms with Crippen LogP contribution in [0.2, 0.25) is 0 Å². The number of fused-ring (bicyclic) bond motifs is 1. The zero-order valence-corrected chi connectivity index (χ0v) is 10.4. The average Bonchev–Trinajstić information content (AvgIpc) is 2.90. The van der Waals surface area contributed by atoms with E-state index >= 15 is 0 Å². The second-order valence-corrected chi connectivity index (χ2v) is 4.34. The minimum Gasteiger partial charge on any atom is -0.271 e. The third-order valence-corrected chi connectivity index (χ3v) is 2.97. The van der Waals surface area contributed by atoms with E-state index in [0.29, 0.717) is 0 Å². The third-order valence-electron chi connectivity index (χ3n) is 2.97. The molecule has 21 heavy (non-hydrogen) atoms. The molecule has 0 fully saturated rings. The molecule has 0 atom stereocenters. The van der Waals surface area contributed by atoms with Crippen LogP contribution in [-0.2, 0) is 12.7 Å². The van der Waals surface area contributed by atoms with Gasteiger partial charge in [-0.3, -0.25) is 9.89 Å². The highest BCUT2D eigenvalue weighted by Gasteiger charge is 2.33. The summed E-state index contributed by atoms with van der Waals surface area (Å²) in [6, 6.07) is 5.02. The van der Waals surface area contributed by atoms with E-state index in [4.69, 9.17) is 0 Å². The topological polar surface area (TPSA) is 76.5 Å². The van der Waals surface area contributed by atoms with Crippen LogP contribution in [-0.4, -0.2) is 25.2 Å². The van der Waals surface area contributed by atoms with Crippen LogP contribution in [0.1, 0.15) is 11.1 Å². The first-order chi connectivity index (χ1) is 9.97. The Morgan fingerprint density at radius 1 is 1.24 bits per heavy atom. The Balaban J connectivity index is 2.07. The molecule has 0 amide bonds. The van der Waals surface area contributed by atoms with E-state index in [-0.39, 0.29) is 23.1 Å². The van der Waals surface area contributed by atoms with Gasteiger partial charge in [0.2, 0.25) is 0 Å². The highest BCUT2D eigenvalue weighted by Crippen LogP contribution is 2.31. The number of benzene rings is 1. The van der Waals surface area contributed by atoms with E-state index in [2.05, 4.69) is 20.5 Å². The van der Waals surface area contributed by atoms with Gasteiger partial charge in [-0.05, 0) is 11.6 Å². The summed E-state index contributed by atoms with van der Waals surface area (Å²) in [5.74, 6) is 0. The second-order valence-electron chi connectivity index (χ2n) is 4.34. The van der Waals surface area contributed by atoms with Gasteiger partial charge in [-0.15, -0.1) is 5.10 Å². The summed E-state index contributed by atoms with van der Waals surface area (Å²) in [5.41, 5.74) is -1.06. The number of halogens is 3. The fraction of sp³-hybridized carbons (Fsp3) is 0.167. The lowest BCUT2D eigenvalue weighted by molar-refractivity contribution is -0.138. The van der Waals surface area contributed by atoms with Crippen molar-refractivity contribution in [1.82, 2.24) is 25.2 Å². The first kappa shape index (κ1) is 13.3. The summed E-state index contributed by atoms with van der Waals surface area (Å²) >= 11 is 0. The molecule has 0 saturated heterocycles. The maximum atomic E-state index is 12.9. The van der Waals surface area contributed by atoms with Gasteiger partial charge < -0.3 is 0 Å². The zero-order chi connectivity index (χ0) is 15.0. The monoisotopic (exact) mass is 295 g/mol. The zero-order valence-electron chi connectivity index (χ0n) is 10.4. The maximum absolute atomic E-state index is 12.9. The van der Waals surface area contributed by atoms with Gasteiger partial charge in [0.15, 0.2) is 5.52 Å². The van der Waals surface area contributed by atoms with Crippen LogP contribution in [0.25, 0.3) is 11.0 Å². The first-order valence-electron chi connectivity index (χ1n) is 5.89. The fourth-order valence-corrected chi connectivity index (χ4v) is 1.98. The molecular weight excluding hydrogens is 287 g/mol. The Labute approximate surface area is 115 Å². The van der Waals surface area contributed by atoms with Gasteiger partial charge in [0, 0.05) is 0 Å². The van der Waals surface area contributed by atoms with Crippen molar-refractivity contribution in [2.24, 2.45) is 0 Å². The van der Waals surface area contributed by atoms with Crippen molar-refractivity contribution in [2.75, 3.05) is 0 Å². The van der Waals surface area contributed by atoms with Crippen molar-refractivity contribution in [1.29, 1.82) is 0 Å². The number of aromatic nitrogens is 5. The molecule has 0 saturated carbocycles. The number of nitrogens with zero attached hydrogens (tertiary/aromatic N) is 4. The summed E-state index contributed by atoms with van der Waals surface area (Å²) in [5, 5.41) is 13.4. The fourth-order valence-electron chi connectivity index (χ4n) is 1.98. The number of rotatable bonds is 2. The number of hydrogen-bond donors (Lipinski definition) is 1. The smallest absolute Gasteiger partial charge is 0.271 e. The molecule has 3 aromatic rings.